The lowest BCUT2D eigenvalue weighted by molar-refractivity contribution is -0.125. The number of nitrogens with one attached hydrogen (secondary N) is 2. The zero-order valence-corrected chi connectivity index (χ0v) is 14.5. The fraction of sp³-hybridized carbons (Fsp3) is 0.812. The quantitative estimate of drug-likeness (QED) is 0.794. The van der Waals surface area contributed by atoms with Crippen molar-refractivity contribution in [3.63, 3.8) is 0 Å². The second-order valence-corrected chi connectivity index (χ2v) is 6.34. The molecule has 2 fully saturated rings. The summed E-state index contributed by atoms with van der Waals surface area (Å²) in [7, 11) is 0. The average molecular weight is 340 g/mol. The predicted molar refractivity (Wildman–Crippen MR) is 88.6 cm³/mol. The van der Waals surface area contributed by atoms with Gasteiger partial charge < -0.3 is 15.0 Å². The van der Waals surface area contributed by atoms with Crippen molar-refractivity contribution in [2.45, 2.75) is 51.6 Å². The lowest BCUT2D eigenvalue weighted by Crippen LogP contribution is -2.56. The van der Waals surface area contributed by atoms with E-state index in [0.29, 0.717) is 32.8 Å². The van der Waals surface area contributed by atoms with Gasteiger partial charge in [0.05, 0.1) is 12.6 Å². The average Bonchev–Trinajstić information content (AvgIpc) is 3.07. The van der Waals surface area contributed by atoms with E-state index in [4.69, 9.17) is 4.74 Å². The van der Waals surface area contributed by atoms with E-state index in [1.54, 1.807) is 18.7 Å². The molecule has 136 valence electrons. The Kier molecular flexibility index (Phi) is 6.84. The second-order valence-electron chi connectivity index (χ2n) is 6.34. The van der Waals surface area contributed by atoms with Crippen molar-refractivity contribution < 1.29 is 19.1 Å². The van der Waals surface area contributed by atoms with Crippen LogP contribution in [0.15, 0.2) is 0 Å². The topological polar surface area (TPSA) is 91.0 Å². The van der Waals surface area contributed by atoms with Crippen LogP contribution in [-0.4, -0.2) is 72.7 Å². The molecule has 2 aliphatic rings. The van der Waals surface area contributed by atoms with Crippen LogP contribution in [0.25, 0.3) is 0 Å². The fourth-order valence-corrected chi connectivity index (χ4v) is 3.18. The molecule has 1 unspecified atom stereocenters. The van der Waals surface area contributed by atoms with Gasteiger partial charge in [-0.3, -0.25) is 15.0 Å². The van der Waals surface area contributed by atoms with Gasteiger partial charge in [0.2, 0.25) is 5.91 Å². The largest absolute Gasteiger partial charge is 0.450 e. The molecule has 0 aromatic heterocycles. The Morgan fingerprint density at radius 1 is 1.12 bits per heavy atom. The summed E-state index contributed by atoms with van der Waals surface area (Å²) in [6.07, 6.45) is 3.89. The Bertz CT molecular complexity index is 457. The summed E-state index contributed by atoms with van der Waals surface area (Å²) in [6.45, 7) is 6.11. The number of hydrogen-bond donors (Lipinski definition) is 2. The highest BCUT2D eigenvalue weighted by Crippen LogP contribution is 2.17. The molecule has 1 atom stereocenters. The summed E-state index contributed by atoms with van der Waals surface area (Å²) in [6, 6.07) is -0.645. The highest BCUT2D eigenvalue weighted by atomic mass is 16.6. The number of piperazine rings is 1. The zero-order chi connectivity index (χ0) is 17.5. The van der Waals surface area contributed by atoms with E-state index in [9.17, 15) is 14.4 Å². The Morgan fingerprint density at radius 2 is 1.75 bits per heavy atom. The summed E-state index contributed by atoms with van der Waals surface area (Å²) < 4.78 is 4.98. The molecular formula is C16H28N4O4. The van der Waals surface area contributed by atoms with E-state index in [1.807, 2.05) is 4.90 Å². The first kappa shape index (κ1) is 18.5. The SMILES string of the molecule is CCOC(=O)N1CCN(C(C)C(=O)NC(=O)NC2CCCC2)CC1. The lowest BCUT2D eigenvalue weighted by atomic mass is 10.2. The van der Waals surface area contributed by atoms with Gasteiger partial charge >= 0.3 is 12.1 Å². The Hall–Kier alpha value is -1.83. The molecule has 1 aliphatic heterocycles. The molecule has 2 rings (SSSR count). The standard InChI is InChI=1S/C16H28N4O4/c1-3-24-16(23)20-10-8-19(9-11-20)12(2)14(21)18-15(22)17-13-6-4-5-7-13/h12-13H,3-11H2,1-2H3,(H2,17,18,21,22). The molecule has 0 spiro atoms. The third-order valence-corrected chi connectivity index (χ3v) is 4.69. The first-order valence-electron chi connectivity index (χ1n) is 8.78. The van der Waals surface area contributed by atoms with Gasteiger partial charge in [-0.15, -0.1) is 0 Å². The van der Waals surface area contributed by atoms with Gasteiger partial charge in [0.25, 0.3) is 0 Å². The molecular weight excluding hydrogens is 312 g/mol. The van der Waals surface area contributed by atoms with Gasteiger partial charge in [-0.2, -0.15) is 0 Å². The molecule has 1 heterocycles. The molecule has 8 heteroatoms. The van der Waals surface area contributed by atoms with Crippen molar-refractivity contribution in [3.8, 4) is 0 Å². The van der Waals surface area contributed by atoms with Gasteiger partial charge in [0, 0.05) is 32.2 Å². The lowest BCUT2D eigenvalue weighted by Gasteiger charge is -2.36. The van der Waals surface area contributed by atoms with Gasteiger partial charge in [0.15, 0.2) is 0 Å². The smallest absolute Gasteiger partial charge is 0.409 e. The third kappa shape index (κ3) is 5.09. The number of nitrogens with zero attached hydrogens (tertiary/aromatic N) is 2. The maximum absolute atomic E-state index is 12.2. The number of carbonyl (C=O) groups is 3. The summed E-state index contributed by atoms with van der Waals surface area (Å²) in [5.41, 5.74) is 0. The molecule has 4 amide bonds. The molecule has 1 saturated carbocycles. The molecule has 0 bridgehead atoms. The zero-order valence-electron chi connectivity index (χ0n) is 14.5. The van der Waals surface area contributed by atoms with Crippen molar-refractivity contribution in [2.24, 2.45) is 0 Å². The monoisotopic (exact) mass is 340 g/mol. The van der Waals surface area contributed by atoms with Crippen LogP contribution >= 0.6 is 0 Å². The Morgan fingerprint density at radius 3 is 2.33 bits per heavy atom. The fourth-order valence-electron chi connectivity index (χ4n) is 3.18. The van der Waals surface area contributed by atoms with Crippen LogP contribution < -0.4 is 10.6 Å². The highest BCUT2D eigenvalue weighted by Gasteiger charge is 2.29. The Balaban J connectivity index is 1.73. The van der Waals surface area contributed by atoms with Crippen LogP contribution in [0.5, 0.6) is 0 Å². The van der Waals surface area contributed by atoms with E-state index < -0.39 is 12.1 Å². The van der Waals surface area contributed by atoms with E-state index in [-0.39, 0.29) is 18.0 Å². The van der Waals surface area contributed by atoms with Gasteiger partial charge in [0.1, 0.15) is 0 Å². The van der Waals surface area contributed by atoms with E-state index in [0.717, 1.165) is 25.7 Å². The number of urea groups is 1. The number of imide groups is 1. The van der Waals surface area contributed by atoms with Gasteiger partial charge in [-0.05, 0) is 26.7 Å². The minimum atomic E-state index is -0.413. The maximum atomic E-state index is 12.2. The highest BCUT2D eigenvalue weighted by molar-refractivity contribution is 5.96. The second kappa shape index (κ2) is 8.86. The molecule has 8 nitrogen and oxygen atoms in total. The molecule has 1 aliphatic carbocycles. The van der Waals surface area contributed by atoms with Crippen molar-refractivity contribution in [2.75, 3.05) is 32.8 Å². The van der Waals surface area contributed by atoms with Crippen LogP contribution in [0.4, 0.5) is 9.59 Å². The molecule has 1 saturated heterocycles. The Labute approximate surface area is 142 Å². The van der Waals surface area contributed by atoms with Gasteiger partial charge in [-0.1, -0.05) is 12.8 Å². The van der Waals surface area contributed by atoms with Crippen molar-refractivity contribution in [3.05, 3.63) is 0 Å². The van der Waals surface area contributed by atoms with Crippen LogP contribution in [0.2, 0.25) is 0 Å². The van der Waals surface area contributed by atoms with E-state index in [1.165, 1.54) is 0 Å². The molecule has 24 heavy (non-hydrogen) atoms. The molecule has 0 radical (unpaired) electrons. The summed E-state index contributed by atoms with van der Waals surface area (Å²) in [5.74, 6) is -0.310. The number of rotatable bonds is 4. The summed E-state index contributed by atoms with van der Waals surface area (Å²) in [5, 5.41) is 5.27. The first-order valence-corrected chi connectivity index (χ1v) is 8.78. The minimum absolute atomic E-state index is 0.182. The van der Waals surface area contributed by atoms with E-state index >= 15 is 0 Å². The molecule has 0 aromatic carbocycles. The maximum Gasteiger partial charge on any atom is 0.409 e. The van der Waals surface area contributed by atoms with E-state index in [2.05, 4.69) is 10.6 Å². The van der Waals surface area contributed by atoms with Crippen LogP contribution in [0, 0.1) is 0 Å². The van der Waals surface area contributed by atoms with Gasteiger partial charge in [-0.25, -0.2) is 9.59 Å². The first-order chi connectivity index (χ1) is 11.5. The molecule has 0 aromatic rings. The van der Waals surface area contributed by atoms with Crippen molar-refractivity contribution >= 4 is 18.0 Å². The van der Waals surface area contributed by atoms with Crippen LogP contribution in [0.1, 0.15) is 39.5 Å². The number of ether oxygens (including phenoxy) is 1. The number of amides is 4. The minimum Gasteiger partial charge on any atom is -0.450 e. The van der Waals surface area contributed by atoms with Crippen molar-refractivity contribution in [1.82, 2.24) is 20.4 Å². The number of carbonyl (C=O) groups excluding carboxylic acids is 3. The summed E-state index contributed by atoms with van der Waals surface area (Å²) in [4.78, 5) is 39.4. The van der Waals surface area contributed by atoms with Crippen molar-refractivity contribution in [1.29, 1.82) is 0 Å². The summed E-state index contributed by atoms with van der Waals surface area (Å²) >= 11 is 0. The molecule has 2 N–H and O–H groups in total. The number of hydrogen-bond acceptors (Lipinski definition) is 5. The normalized spacial score (nSPS) is 20.5. The third-order valence-electron chi connectivity index (χ3n) is 4.69. The van der Waals surface area contributed by atoms with Crippen LogP contribution in [-0.2, 0) is 9.53 Å². The van der Waals surface area contributed by atoms with Crippen LogP contribution in [0.3, 0.4) is 0 Å². The predicted octanol–water partition coefficient (Wildman–Crippen LogP) is 0.917.